The summed E-state index contributed by atoms with van der Waals surface area (Å²) in [7, 11) is 0. The van der Waals surface area contributed by atoms with Crippen molar-refractivity contribution in [2.75, 3.05) is 5.32 Å². The molecule has 1 fully saturated rings. The molecule has 134 valence electrons. The Balaban J connectivity index is 1.66. The number of benzene rings is 1. The van der Waals surface area contributed by atoms with Gasteiger partial charge >= 0.3 is 6.36 Å². The second kappa shape index (κ2) is 6.51. The quantitative estimate of drug-likeness (QED) is 0.844. The summed E-state index contributed by atoms with van der Waals surface area (Å²) in [5.41, 5.74) is 0.435. The molecule has 0 bridgehead atoms. The minimum absolute atomic E-state index is 0.00949. The Bertz CT molecular complexity index is 817. The molecule has 1 aliphatic rings. The number of nitrogens with zero attached hydrogens (tertiary/aromatic N) is 1. The Hall–Kier alpha value is -2.36. The molecule has 0 spiro atoms. The van der Waals surface area contributed by atoms with Gasteiger partial charge in [0.25, 0.3) is 0 Å². The lowest BCUT2D eigenvalue weighted by Gasteiger charge is -2.12. The van der Waals surface area contributed by atoms with E-state index in [1.54, 1.807) is 6.92 Å². The molecule has 6 nitrogen and oxygen atoms in total. The van der Waals surface area contributed by atoms with E-state index in [2.05, 4.69) is 20.4 Å². The van der Waals surface area contributed by atoms with Gasteiger partial charge in [-0.15, -0.1) is 13.2 Å². The number of carbonyl (C=O) groups is 2. The highest BCUT2D eigenvalue weighted by atomic mass is 32.1. The van der Waals surface area contributed by atoms with Crippen LogP contribution in [0.5, 0.6) is 5.75 Å². The van der Waals surface area contributed by atoms with Gasteiger partial charge in [0.05, 0.1) is 10.2 Å². The summed E-state index contributed by atoms with van der Waals surface area (Å²) in [6, 6.07) is 3.00. The highest BCUT2D eigenvalue weighted by Crippen LogP contribution is 2.32. The molecular weight excluding hydrogens is 359 g/mol. The normalized spacial score (nSPS) is 15.7. The zero-order valence-corrected chi connectivity index (χ0v) is 13.8. The molecule has 10 heteroatoms. The number of amides is 2. The van der Waals surface area contributed by atoms with E-state index in [-0.39, 0.29) is 22.7 Å². The van der Waals surface area contributed by atoms with E-state index in [1.165, 1.54) is 12.1 Å². The average molecular weight is 373 g/mol. The highest BCUT2D eigenvalue weighted by molar-refractivity contribution is 7.22. The number of halogens is 3. The number of rotatable bonds is 5. The van der Waals surface area contributed by atoms with Crippen LogP contribution < -0.4 is 15.4 Å². The predicted molar refractivity (Wildman–Crippen MR) is 85.3 cm³/mol. The standard InChI is InChI=1S/C15H14F3N3O3S/c1-7(19-13(23)8-2-3-8)12(22)21-14-20-10-5-4-9(6-11(10)25-14)24-15(16,17)18/h4-8H,2-3H2,1H3,(H,19,23)(H,20,21,22)/t7-/m0/s1. The van der Waals surface area contributed by atoms with Crippen LogP contribution in [0.2, 0.25) is 0 Å². The van der Waals surface area contributed by atoms with Crippen LogP contribution in [-0.2, 0) is 9.59 Å². The predicted octanol–water partition coefficient (Wildman–Crippen LogP) is 3.05. The second-order valence-electron chi connectivity index (χ2n) is 5.69. The number of aromatic nitrogens is 1. The first-order chi connectivity index (χ1) is 11.7. The van der Waals surface area contributed by atoms with Gasteiger partial charge in [-0.1, -0.05) is 11.3 Å². The molecule has 1 aromatic heterocycles. The van der Waals surface area contributed by atoms with Gasteiger partial charge in [-0.2, -0.15) is 0 Å². The first-order valence-electron chi connectivity index (χ1n) is 7.49. The van der Waals surface area contributed by atoms with Crippen molar-refractivity contribution in [1.29, 1.82) is 0 Å². The number of anilines is 1. The van der Waals surface area contributed by atoms with E-state index in [0.717, 1.165) is 30.2 Å². The number of alkyl halides is 3. The van der Waals surface area contributed by atoms with Gasteiger partial charge in [0.2, 0.25) is 11.8 Å². The fourth-order valence-electron chi connectivity index (χ4n) is 2.11. The van der Waals surface area contributed by atoms with Crippen LogP contribution in [0.4, 0.5) is 18.3 Å². The molecule has 1 aliphatic carbocycles. The summed E-state index contributed by atoms with van der Waals surface area (Å²) >= 11 is 1.02. The first-order valence-corrected chi connectivity index (χ1v) is 8.30. The fourth-order valence-corrected chi connectivity index (χ4v) is 3.01. The molecular formula is C15H14F3N3O3S. The lowest BCUT2D eigenvalue weighted by Crippen LogP contribution is -2.42. The average Bonchev–Trinajstić information content (AvgIpc) is 3.27. The smallest absolute Gasteiger partial charge is 0.406 e. The summed E-state index contributed by atoms with van der Waals surface area (Å²) in [6.45, 7) is 1.55. The number of carbonyl (C=O) groups excluding carboxylic acids is 2. The largest absolute Gasteiger partial charge is 0.573 e. The van der Waals surface area contributed by atoms with Gasteiger partial charge < -0.3 is 15.4 Å². The summed E-state index contributed by atoms with van der Waals surface area (Å²) < 4.78 is 41.0. The Morgan fingerprint density at radius 1 is 1.36 bits per heavy atom. The molecule has 2 N–H and O–H groups in total. The minimum atomic E-state index is -4.77. The summed E-state index contributed by atoms with van der Waals surface area (Å²) in [4.78, 5) is 27.9. The van der Waals surface area contributed by atoms with Crippen molar-refractivity contribution in [2.24, 2.45) is 5.92 Å². The third kappa shape index (κ3) is 4.59. The van der Waals surface area contributed by atoms with E-state index in [4.69, 9.17) is 0 Å². The van der Waals surface area contributed by atoms with Crippen LogP contribution in [0, 0.1) is 5.92 Å². The first kappa shape index (κ1) is 17.5. The van der Waals surface area contributed by atoms with E-state index in [9.17, 15) is 22.8 Å². The van der Waals surface area contributed by atoms with Crippen molar-refractivity contribution in [2.45, 2.75) is 32.2 Å². The van der Waals surface area contributed by atoms with Crippen LogP contribution in [0.3, 0.4) is 0 Å². The molecule has 1 saturated carbocycles. The van der Waals surface area contributed by atoms with Crippen molar-refractivity contribution < 1.29 is 27.5 Å². The summed E-state index contributed by atoms with van der Waals surface area (Å²) in [6.07, 6.45) is -3.11. The Morgan fingerprint density at radius 2 is 2.08 bits per heavy atom. The fraction of sp³-hybridized carbons (Fsp3) is 0.400. The number of hydrogen-bond donors (Lipinski definition) is 2. The van der Waals surface area contributed by atoms with Gasteiger partial charge in [0.1, 0.15) is 11.8 Å². The number of fused-ring (bicyclic) bond motifs is 1. The third-order valence-corrected chi connectivity index (χ3v) is 4.46. The number of ether oxygens (including phenoxy) is 1. The van der Waals surface area contributed by atoms with Crippen LogP contribution in [-0.4, -0.2) is 29.2 Å². The van der Waals surface area contributed by atoms with Crippen molar-refractivity contribution in [3.63, 3.8) is 0 Å². The lowest BCUT2D eigenvalue weighted by molar-refractivity contribution is -0.274. The van der Waals surface area contributed by atoms with Gasteiger partial charge in [0, 0.05) is 12.0 Å². The Kier molecular flexibility index (Phi) is 4.55. The molecule has 3 rings (SSSR count). The van der Waals surface area contributed by atoms with E-state index < -0.39 is 18.3 Å². The summed E-state index contributed by atoms with van der Waals surface area (Å²) in [5.74, 6) is -0.961. The molecule has 2 aromatic rings. The zero-order chi connectivity index (χ0) is 18.2. The van der Waals surface area contributed by atoms with Crippen LogP contribution in [0.1, 0.15) is 19.8 Å². The zero-order valence-electron chi connectivity index (χ0n) is 13.0. The molecule has 0 saturated heterocycles. The molecule has 1 aromatic carbocycles. The minimum Gasteiger partial charge on any atom is -0.406 e. The number of nitrogens with one attached hydrogen (secondary N) is 2. The molecule has 0 aliphatic heterocycles. The lowest BCUT2D eigenvalue weighted by atomic mass is 10.3. The van der Waals surface area contributed by atoms with E-state index in [0.29, 0.717) is 10.2 Å². The van der Waals surface area contributed by atoms with Crippen LogP contribution in [0.25, 0.3) is 10.2 Å². The maximum Gasteiger partial charge on any atom is 0.573 e. The molecule has 1 atom stereocenters. The Morgan fingerprint density at radius 3 is 2.72 bits per heavy atom. The van der Waals surface area contributed by atoms with Crippen LogP contribution >= 0.6 is 11.3 Å². The second-order valence-corrected chi connectivity index (χ2v) is 6.72. The highest BCUT2D eigenvalue weighted by Gasteiger charge is 2.32. The van der Waals surface area contributed by atoms with Gasteiger partial charge in [0.15, 0.2) is 5.13 Å². The van der Waals surface area contributed by atoms with E-state index >= 15 is 0 Å². The molecule has 2 amide bonds. The SMILES string of the molecule is C[C@H](NC(=O)C1CC1)C(=O)Nc1nc2ccc(OC(F)(F)F)cc2s1. The molecule has 1 heterocycles. The molecule has 0 radical (unpaired) electrons. The molecule has 25 heavy (non-hydrogen) atoms. The van der Waals surface area contributed by atoms with Crippen molar-refractivity contribution in [1.82, 2.24) is 10.3 Å². The van der Waals surface area contributed by atoms with Crippen molar-refractivity contribution in [3.05, 3.63) is 18.2 Å². The third-order valence-electron chi connectivity index (χ3n) is 3.52. The van der Waals surface area contributed by atoms with Crippen molar-refractivity contribution in [3.8, 4) is 5.75 Å². The maximum absolute atomic E-state index is 12.2. The van der Waals surface area contributed by atoms with Gasteiger partial charge in [-0.3, -0.25) is 9.59 Å². The number of thiazole rings is 1. The Labute approximate surface area is 144 Å². The van der Waals surface area contributed by atoms with Gasteiger partial charge in [-0.25, -0.2) is 4.98 Å². The monoisotopic (exact) mass is 373 g/mol. The topological polar surface area (TPSA) is 80.3 Å². The van der Waals surface area contributed by atoms with E-state index in [1.807, 2.05) is 0 Å². The van der Waals surface area contributed by atoms with Crippen LogP contribution in [0.15, 0.2) is 18.2 Å². The number of hydrogen-bond acceptors (Lipinski definition) is 5. The maximum atomic E-state index is 12.2. The molecule has 0 unspecified atom stereocenters. The van der Waals surface area contributed by atoms with Crippen molar-refractivity contribution >= 4 is 38.5 Å². The summed E-state index contributed by atoms with van der Waals surface area (Å²) in [5, 5.41) is 5.40. The van der Waals surface area contributed by atoms with Gasteiger partial charge in [-0.05, 0) is 31.9 Å².